The van der Waals surface area contributed by atoms with Gasteiger partial charge in [0.25, 0.3) is 10.1 Å². The smallest absolute Gasteiger partial charge is 0.273 e. The number of sulfone groups is 1. The fourth-order valence-electron chi connectivity index (χ4n) is 2.43. The second-order valence-electron chi connectivity index (χ2n) is 5.82. The van der Waals surface area contributed by atoms with Gasteiger partial charge < -0.3 is 4.42 Å². The summed E-state index contributed by atoms with van der Waals surface area (Å²) in [6.07, 6.45) is 1.07. The van der Waals surface area contributed by atoms with Crippen molar-refractivity contribution in [2.75, 3.05) is 6.26 Å². The monoisotopic (exact) mass is 411 g/mol. The van der Waals surface area contributed by atoms with Gasteiger partial charge in [-0.25, -0.2) is 17.8 Å². The molecule has 0 atom stereocenters. The molecule has 0 unspecified atom stereocenters. The van der Waals surface area contributed by atoms with Gasteiger partial charge in [0.2, 0.25) is 5.89 Å². The Kier molecular flexibility index (Phi) is 4.89. The zero-order chi connectivity index (χ0) is 19.8. The summed E-state index contributed by atoms with van der Waals surface area (Å²) >= 11 is 0. The van der Waals surface area contributed by atoms with Gasteiger partial charge in [0.1, 0.15) is 11.5 Å². The number of rotatable bonds is 5. The Morgan fingerprint density at radius 1 is 0.963 bits per heavy atom. The van der Waals surface area contributed by atoms with E-state index in [0.717, 1.165) is 6.26 Å². The molecule has 0 spiro atoms. The minimum absolute atomic E-state index is 0.104. The summed E-state index contributed by atoms with van der Waals surface area (Å²) in [5.74, 6) is -1.37. The van der Waals surface area contributed by atoms with E-state index in [9.17, 15) is 21.2 Å². The highest BCUT2D eigenvalue weighted by atomic mass is 32.2. The molecule has 7 nitrogen and oxygen atoms in total. The van der Waals surface area contributed by atoms with Crippen LogP contribution in [0, 0.1) is 5.82 Å². The molecular formula is C17H14FNO6S2. The molecule has 0 saturated carbocycles. The topological polar surface area (TPSA) is 115 Å². The Hall–Kier alpha value is -2.56. The van der Waals surface area contributed by atoms with E-state index in [1.807, 2.05) is 0 Å². The Labute approximate surface area is 155 Å². The molecule has 0 amide bonds. The van der Waals surface area contributed by atoms with Crippen LogP contribution in [0.25, 0.3) is 22.6 Å². The lowest BCUT2D eigenvalue weighted by molar-refractivity contribution is 0.465. The maximum atomic E-state index is 13.2. The zero-order valence-corrected chi connectivity index (χ0v) is 15.6. The lowest BCUT2D eigenvalue weighted by Gasteiger charge is -2.03. The second-order valence-corrected chi connectivity index (χ2v) is 9.28. The van der Waals surface area contributed by atoms with Crippen LogP contribution < -0.4 is 0 Å². The quantitative estimate of drug-likeness (QED) is 0.642. The van der Waals surface area contributed by atoms with Gasteiger partial charge in [-0.2, -0.15) is 8.42 Å². The van der Waals surface area contributed by atoms with E-state index < -0.39 is 31.5 Å². The average molecular weight is 411 g/mol. The molecule has 0 bridgehead atoms. The van der Waals surface area contributed by atoms with Gasteiger partial charge in [-0.15, -0.1) is 0 Å². The summed E-state index contributed by atoms with van der Waals surface area (Å²) in [4.78, 5) is 4.20. The molecule has 0 aliphatic heterocycles. The Morgan fingerprint density at radius 2 is 1.52 bits per heavy atom. The predicted molar refractivity (Wildman–Crippen MR) is 95.7 cm³/mol. The summed E-state index contributed by atoms with van der Waals surface area (Å²) in [6.45, 7) is 0. The van der Waals surface area contributed by atoms with Gasteiger partial charge in [0.05, 0.1) is 4.90 Å². The van der Waals surface area contributed by atoms with E-state index in [0.29, 0.717) is 11.1 Å². The van der Waals surface area contributed by atoms with E-state index in [-0.39, 0.29) is 22.2 Å². The molecule has 3 rings (SSSR count). The molecule has 1 heterocycles. The molecule has 0 aliphatic carbocycles. The van der Waals surface area contributed by atoms with Crippen molar-refractivity contribution in [1.82, 2.24) is 4.98 Å². The number of nitrogens with zero attached hydrogens (tertiary/aromatic N) is 1. The fourth-order valence-corrected chi connectivity index (χ4v) is 3.50. The van der Waals surface area contributed by atoms with E-state index in [4.69, 9.17) is 8.97 Å². The number of halogens is 1. The lowest BCUT2D eigenvalue weighted by atomic mass is 10.1. The average Bonchev–Trinajstić information content (AvgIpc) is 2.96. The summed E-state index contributed by atoms with van der Waals surface area (Å²) in [6, 6.07) is 11.0. The number of benzene rings is 2. The van der Waals surface area contributed by atoms with E-state index in [1.165, 1.54) is 48.5 Å². The van der Waals surface area contributed by atoms with Crippen LogP contribution in [0.3, 0.4) is 0 Å². The molecule has 1 aromatic heterocycles. The second kappa shape index (κ2) is 6.87. The largest absolute Gasteiger partial charge is 0.439 e. The van der Waals surface area contributed by atoms with E-state index in [2.05, 4.69) is 4.98 Å². The molecular weight excluding hydrogens is 397 g/mol. The van der Waals surface area contributed by atoms with Crippen molar-refractivity contribution in [2.24, 2.45) is 0 Å². The number of hydrogen-bond acceptors (Lipinski definition) is 6. The van der Waals surface area contributed by atoms with Crippen molar-refractivity contribution in [1.29, 1.82) is 0 Å². The lowest BCUT2D eigenvalue weighted by Crippen LogP contribution is -2.01. The minimum atomic E-state index is -4.37. The first-order chi connectivity index (χ1) is 12.5. The van der Waals surface area contributed by atoms with Crippen molar-refractivity contribution < 1.29 is 30.2 Å². The van der Waals surface area contributed by atoms with Gasteiger partial charge >= 0.3 is 0 Å². The Morgan fingerprint density at radius 3 is 2.04 bits per heavy atom. The van der Waals surface area contributed by atoms with Gasteiger partial charge in [-0.3, -0.25) is 4.55 Å². The third kappa shape index (κ3) is 4.59. The normalized spacial score (nSPS) is 12.3. The van der Waals surface area contributed by atoms with E-state index >= 15 is 0 Å². The highest BCUT2D eigenvalue weighted by molar-refractivity contribution is 7.90. The standard InChI is InChI=1S/C17H14FNO6S2/c1-26(20,21)14-8-4-12(5-9-14)17-16(11-2-6-13(18)7-3-11)19-15(25-17)10-27(22,23)24/h2-9H,10H2,1H3,(H,22,23,24). The van der Waals surface area contributed by atoms with Crippen LogP contribution in [0.15, 0.2) is 57.8 Å². The zero-order valence-electron chi connectivity index (χ0n) is 14.0. The molecule has 0 aliphatic rings. The molecule has 2 aromatic carbocycles. The fraction of sp³-hybridized carbons (Fsp3) is 0.118. The molecule has 0 saturated heterocycles. The van der Waals surface area contributed by atoms with Crippen LogP contribution >= 0.6 is 0 Å². The minimum Gasteiger partial charge on any atom is -0.439 e. The molecule has 27 heavy (non-hydrogen) atoms. The van der Waals surface area contributed by atoms with Crippen LogP contribution in [-0.2, 0) is 25.7 Å². The maximum absolute atomic E-state index is 13.2. The summed E-state index contributed by atoms with van der Waals surface area (Å²) < 4.78 is 73.2. The SMILES string of the molecule is CS(=O)(=O)c1ccc(-c2oc(CS(=O)(=O)O)nc2-c2ccc(F)cc2)cc1. The molecule has 142 valence electrons. The first-order valence-corrected chi connectivity index (χ1v) is 11.0. The third-order valence-electron chi connectivity index (χ3n) is 3.64. The predicted octanol–water partition coefficient (Wildman–Crippen LogP) is 2.94. The number of hydrogen-bond donors (Lipinski definition) is 1. The first kappa shape index (κ1) is 19.2. The molecule has 3 aromatic rings. The van der Waals surface area contributed by atoms with Crippen molar-refractivity contribution >= 4 is 20.0 Å². The maximum Gasteiger partial charge on any atom is 0.273 e. The van der Waals surface area contributed by atoms with Crippen molar-refractivity contribution in [3.63, 3.8) is 0 Å². The summed E-state index contributed by atoms with van der Waals surface area (Å²) in [7, 11) is -7.76. The van der Waals surface area contributed by atoms with Crippen LogP contribution in [0.5, 0.6) is 0 Å². The van der Waals surface area contributed by atoms with Crippen LogP contribution in [0.1, 0.15) is 5.89 Å². The van der Waals surface area contributed by atoms with Gasteiger partial charge in [0, 0.05) is 17.4 Å². The number of aromatic nitrogens is 1. The Bertz CT molecular complexity index is 1180. The van der Waals surface area contributed by atoms with Crippen LogP contribution in [-0.4, -0.2) is 32.6 Å². The van der Waals surface area contributed by atoms with E-state index in [1.54, 1.807) is 0 Å². The highest BCUT2D eigenvalue weighted by Gasteiger charge is 2.21. The first-order valence-electron chi connectivity index (χ1n) is 7.54. The molecule has 0 fully saturated rings. The molecule has 10 heteroatoms. The number of oxazole rings is 1. The highest BCUT2D eigenvalue weighted by Crippen LogP contribution is 2.33. The summed E-state index contributed by atoms with van der Waals surface area (Å²) in [5.41, 5.74) is 1.14. The van der Waals surface area contributed by atoms with Crippen molar-refractivity contribution in [2.45, 2.75) is 10.6 Å². The van der Waals surface area contributed by atoms with Crippen molar-refractivity contribution in [3.8, 4) is 22.6 Å². The van der Waals surface area contributed by atoms with Gasteiger partial charge in [0.15, 0.2) is 21.4 Å². The Balaban J connectivity index is 2.13. The van der Waals surface area contributed by atoms with Crippen LogP contribution in [0.4, 0.5) is 4.39 Å². The van der Waals surface area contributed by atoms with Gasteiger partial charge in [-0.1, -0.05) is 0 Å². The molecule has 0 radical (unpaired) electrons. The van der Waals surface area contributed by atoms with Crippen LogP contribution in [0.2, 0.25) is 0 Å². The third-order valence-corrected chi connectivity index (χ3v) is 5.38. The summed E-state index contributed by atoms with van der Waals surface area (Å²) in [5, 5.41) is 0. The molecule has 1 N–H and O–H groups in total. The van der Waals surface area contributed by atoms with Gasteiger partial charge in [-0.05, 0) is 48.5 Å². The van der Waals surface area contributed by atoms with Crippen molar-refractivity contribution in [3.05, 3.63) is 60.2 Å².